The Kier molecular flexibility index (Phi) is 5.14. The average Bonchev–Trinajstić information content (AvgIpc) is 2.98. The molecule has 0 atom stereocenters. The van der Waals surface area contributed by atoms with Crippen molar-refractivity contribution in [1.29, 1.82) is 0 Å². The molecule has 1 rings (SSSR count). The fourth-order valence-electron chi connectivity index (χ4n) is 1.78. The van der Waals surface area contributed by atoms with Crippen LogP contribution < -0.4 is 5.32 Å². The molecule has 0 aromatic heterocycles. The van der Waals surface area contributed by atoms with Crippen LogP contribution in [0.3, 0.4) is 0 Å². The van der Waals surface area contributed by atoms with Crippen molar-refractivity contribution < 1.29 is 14.7 Å². The third-order valence-corrected chi connectivity index (χ3v) is 3.10. The highest BCUT2D eigenvalue weighted by Gasteiger charge is 2.25. The van der Waals surface area contributed by atoms with Gasteiger partial charge in [0.2, 0.25) is 5.91 Å². The van der Waals surface area contributed by atoms with Crippen LogP contribution in [-0.4, -0.2) is 46.6 Å². The number of nitrogens with zero attached hydrogens (tertiary/aromatic N) is 1. The van der Waals surface area contributed by atoms with Crippen molar-refractivity contribution in [2.45, 2.75) is 58.0 Å². The molecule has 2 N–H and O–H groups in total. The van der Waals surface area contributed by atoms with Gasteiger partial charge in [0, 0.05) is 31.1 Å². The Bertz CT molecular complexity index is 306. The number of carbonyl (C=O) groups excluding carboxylic acids is 1. The lowest BCUT2D eigenvalue weighted by Crippen LogP contribution is -2.44. The summed E-state index contributed by atoms with van der Waals surface area (Å²) < 4.78 is 0. The van der Waals surface area contributed by atoms with Crippen molar-refractivity contribution in [3.05, 3.63) is 0 Å². The van der Waals surface area contributed by atoms with E-state index < -0.39 is 5.97 Å². The molecular formula is C13H24N2O3. The standard InChI is InChI=1S/C13H24N2O3/c1-13(2,3)15(9-7-12(17)18)8-6-11(16)14-10-4-5-10/h10H,4-9H2,1-3H3,(H,14,16)(H,17,18). The van der Waals surface area contributed by atoms with Crippen LogP contribution in [0, 0.1) is 0 Å². The summed E-state index contributed by atoms with van der Waals surface area (Å²) in [5, 5.41) is 11.7. The number of rotatable bonds is 7. The minimum absolute atomic E-state index is 0.0714. The van der Waals surface area contributed by atoms with Crippen molar-refractivity contribution in [3.8, 4) is 0 Å². The van der Waals surface area contributed by atoms with Gasteiger partial charge >= 0.3 is 5.97 Å². The van der Waals surface area contributed by atoms with E-state index in [0.29, 0.717) is 25.6 Å². The van der Waals surface area contributed by atoms with Gasteiger partial charge in [-0.15, -0.1) is 0 Å². The highest BCUT2D eigenvalue weighted by molar-refractivity contribution is 5.76. The number of carboxylic acid groups (broad SMARTS) is 1. The van der Waals surface area contributed by atoms with Crippen LogP contribution in [0.15, 0.2) is 0 Å². The molecule has 18 heavy (non-hydrogen) atoms. The first-order chi connectivity index (χ1) is 8.29. The van der Waals surface area contributed by atoms with Gasteiger partial charge in [0.15, 0.2) is 0 Å². The predicted octanol–water partition coefficient (Wildman–Crippen LogP) is 1.23. The lowest BCUT2D eigenvalue weighted by atomic mass is 10.1. The topological polar surface area (TPSA) is 69.6 Å². The maximum absolute atomic E-state index is 11.6. The van der Waals surface area contributed by atoms with Gasteiger partial charge in [-0.2, -0.15) is 0 Å². The summed E-state index contributed by atoms with van der Waals surface area (Å²) in [4.78, 5) is 24.3. The highest BCUT2D eigenvalue weighted by Crippen LogP contribution is 2.19. The van der Waals surface area contributed by atoms with E-state index in [1.807, 2.05) is 25.7 Å². The zero-order valence-electron chi connectivity index (χ0n) is 11.5. The summed E-state index contributed by atoms with van der Waals surface area (Å²) in [6.07, 6.45) is 2.73. The van der Waals surface area contributed by atoms with Gasteiger partial charge in [0.1, 0.15) is 0 Å². The highest BCUT2D eigenvalue weighted by atomic mass is 16.4. The minimum atomic E-state index is -0.799. The zero-order valence-corrected chi connectivity index (χ0v) is 11.5. The summed E-state index contributed by atoms with van der Waals surface area (Å²) in [7, 11) is 0. The first-order valence-corrected chi connectivity index (χ1v) is 6.55. The molecule has 1 amide bonds. The number of aliphatic carboxylic acids is 1. The molecule has 1 aliphatic rings. The molecular weight excluding hydrogens is 232 g/mol. The van der Waals surface area contributed by atoms with Crippen LogP contribution in [0.25, 0.3) is 0 Å². The number of hydrogen-bond donors (Lipinski definition) is 2. The minimum Gasteiger partial charge on any atom is -0.481 e. The van der Waals surface area contributed by atoms with Crippen LogP contribution in [0.5, 0.6) is 0 Å². The van der Waals surface area contributed by atoms with Gasteiger partial charge in [-0.1, -0.05) is 0 Å². The SMILES string of the molecule is CC(C)(C)N(CCC(=O)O)CCC(=O)NC1CC1. The second-order valence-corrected chi connectivity index (χ2v) is 5.89. The first-order valence-electron chi connectivity index (χ1n) is 6.55. The van der Waals surface area contributed by atoms with E-state index in [4.69, 9.17) is 5.11 Å². The molecule has 0 heterocycles. The number of carboxylic acids is 1. The summed E-state index contributed by atoms with van der Waals surface area (Å²) in [6.45, 7) is 7.19. The molecule has 0 aromatic rings. The Morgan fingerprint density at radius 1 is 1.22 bits per heavy atom. The molecule has 0 unspecified atom stereocenters. The van der Waals surface area contributed by atoms with Gasteiger partial charge in [0.25, 0.3) is 0 Å². The van der Waals surface area contributed by atoms with Gasteiger partial charge in [-0.3, -0.25) is 14.5 Å². The van der Waals surface area contributed by atoms with Crippen LogP contribution in [0.1, 0.15) is 46.5 Å². The van der Waals surface area contributed by atoms with E-state index in [9.17, 15) is 9.59 Å². The maximum atomic E-state index is 11.6. The normalized spacial score (nSPS) is 15.8. The molecule has 0 spiro atoms. The molecule has 1 fully saturated rings. The third-order valence-electron chi connectivity index (χ3n) is 3.10. The quantitative estimate of drug-likeness (QED) is 0.719. The average molecular weight is 256 g/mol. The van der Waals surface area contributed by atoms with Crippen LogP contribution in [-0.2, 0) is 9.59 Å². The predicted molar refractivity (Wildman–Crippen MR) is 69.4 cm³/mol. The summed E-state index contributed by atoms with van der Waals surface area (Å²) in [5.74, 6) is -0.728. The van der Waals surface area contributed by atoms with Gasteiger partial charge in [0.05, 0.1) is 6.42 Å². The molecule has 5 heteroatoms. The van der Waals surface area contributed by atoms with E-state index in [2.05, 4.69) is 5.32 Å². The molecule has 5 nitrogen and oxygen atoms in total. The number of nitrogens with one attached hydrogen (secondary N) is 1. The fraction of sp³-hybridized carbons (Fsp3) is 0.846. The molecule has 0 saturated heterocycles. The Balaban J connectivity index is 2.34. The van der Waals surface area contributed by atoms with Crippen LogP contribution in [0.4, 0.5) is 0 Å². The smallest absolute Gasteiger partial charge is 0.304 e. The third kappa shape index (κ3) is 6.00. The van der Waals surface area contributed by atoms with Crippen molar-refractivity contribution in [3.63, 3.8) is 0 Å². The summed E-state index contributed by atoms with van der Waals surface area (Å²) in [6, 6.07) is 0.389. The fourth-order valence-corrected chi connectivity index (χ4v) is 1.78. The summed E-state index contributed by atoms with van der Waals surface area (Å²) in [5.41, 5.74) is -0.116. The number of carbonyl (C=O) groups is 2. The molecule has 0 aromatic carbocycles. The van der Waals surface area contributed by atoms with Crippen molar-refractivity contribution in [1.82, 2.24) is 10.2 Å². The largest absolute Gasteiger partial charge is 0.481 e. The molecule has 1 aliphatic carbocycles. The van der Waals surface area contributed by atoms with E-state index in [1.54, 1.807) is 0 Å². The van der Waals surface area contributed by atoms with E-state index in [-0.39, 0.29) is 17.9 Å². The second-order valence-electron chi connectivity index (χ2n) is 5.89. The molecule has 0 radical (unpaired) electrons. The van der Waals surface area contributed by atoms with Gasteiger partial charge in [-0.05, 0) is 33.6 Å². The Labute approximate surface area is 109 Å². The van der Waals surface area contributed by atoms with E-state index in [1.165, 1.54) is 0 Å². The Morgan fingerprint density at radius 2 is 1.78 bits per heavy atom. The van der Waals surface area contributed by atoms with Gasteiger partial charge < -0.3 is 10.4 Å². The molecule has 0 bridgehead atoms. The summed E-state index contributed by atoms with van der Waals surface area (Å²) >= 11 is 0. The lowest BCUT2D eigenvalue weighted by Gasteiger charge is -2.35. The molecule has 104 valence electrons. The van der Waals surface area contributed by atoms with Gasteiger partial charge in [-0.25, -0.2) is 0 Å². The first kappa shape index (κ1) is 15.0. The monoisotopic (exact) mass is 256 g/mol. The molecule has 0 aliphatic heterocycles. The van der Waals surface area contributed by atoms with Crippen molar-refractivity contribution in [2.24, 2.45) is 0 Å². The van der Waals surface area contributed by atoms with E-state index in [0.717, 1.165) is 12.8 Å². The second kappa shape index (κ2) is 6.18. The maximum Gasteiger partial charge on any atom is 0.304 e. The Morgan fingerprint density at radius 3 is 2.22 bits per heavy atom. The zero-order chi connectivity index (χ0) is 13.8. The lowest BCUT2D eigenvalue weighted by molar-refractivity contribution is -0.137. The number of amides is 1. The number of hydrogen-bond acceptors (Lipinski definition) is 3. The molecule has 1 saturated carbocycles. The van der Waals surface area contributed by atoms with Crippen LogP contribution in [0.2, 0.25) is 0 Å². The van der Waals surface area contributed by atoms with Crippen molar-refractivity contribution in [2.75, 3.05) is 13.1 Å². The van der Waals surface area contributed by atoms with E-state index >= 15 is 0 Å². The van der Waals surface area contributed by atoms with Crippen molar-refractivity contribution >= 4 is 11.9 Å². The Hall–Kier alpha value is -1.10. The van der Waals surface area contributed by atoms with Crippen LogP contribution >= 0.6 is 0 Å².